The van der Waals surface area contributed by atoms with Gasteiger partial charge in [0.1, 0.15) is 0 Å². The Morgan fingerprint density at radius 3 is 2.74 bits per heavy atom. The molecule has 0 unspecified atom stereocenters. The van der Waals surface area contributed by atoms with Gasteiger partial charge in [-0.1, -0.05) is 38.3 Å². The smallest absolute Gasteiger partial charge is 0.252 e. The molecule has 0 amide bonds. The zero-order valence-electron chi connectivity index (χ0n) is 18.6. The van der Waals surface area contributed by atoms with Crippen molar-refractivity contribution < 1.29 is 5.11 Å². The van der Waals surface area contributed by atoms with Crippen LogP contribution in [0.2, 0.25) is 0 Å². The van der Waals surface area contributed by atoms with Gasteiger partial charge < -0.3 is 10.1 Å². The Balaban J connectivity index is 1.70. The maximum Gasteiger partial charge on any atom is 0.252 e. The highest BCUT2D eigenvalue weighted by Crippen LogP contribution is 2.34. The van der Waals surface area contributed by atoms with E-state index in [1.54, 1.807) is 0 Å². The lowest BCUT2D eigenvalue weighted by Gasteiger charge is -2.33. The minimum absolute atomic E-state index is 0.00118. The molecule has 166 valence electrons. The number of tetrazole rings is 1. The largest absolute Gasteiger partial charge is 0.395 e. The number of hydrogen-bond donors (Lipinski definition) is 2. The SMILES string of the molecule is Cc1ccc2[nH]c(=O)c(CN(CCO)[C@@H](c3nnnn3C3CCCC3)C(C)C)cc2c1. The molecule has 0 spiro atoms. The summed E-state index contributed by atoms with van der Waals surface area (Å²) in [6.07, 6.45) is 4.57. The summed E-state index contributed by atoms with van der Waals surface area (Å²) < 4.78 is 1.98. The molecule has 0 bridgehead atoms. The van der Waals surface area contributed by atoms with Gasteiger partial charge in [0.25, 0.3) is 5.56 Å². The Bertz CT molecular complexity index is 1080. The fraction of sp³-hybridized carbons (Fsp3) is 0.565. The van der Waals surface area contributed by atoms with Gasteiger partial charge in [0.15, 0.2) is 5.82 Å². The van der Waals surface area contributed by atoms with Crippen molar-refractivity contribution in [1.29, 1.82) is 0 Å². The predicted molar refractivity (Wildman–Crippen MR) is 120 cm³/mol. The number of pyridine rings is 1. The van der Waals surface area contributed by atoms with Crippen molar-refractivity contribution in [2.45, 2.75) is 65.1 Å². The highest BCUT2D eigenvalue weighted by molar-refractivity contribution is 5.79. The van der Waals surface area contributed by atoms with Gasteiger partial charge in [-0.3, -0.25) is 9.69 Å². The summed E-state index contributed by atoms with van der Waals surface area (Å²) >= 11 is 0. The minimum Gasteiger partial charge on any atom is -0.395 e. The van der Waals surface area contributed by atoms with Crippen molar-refractivity contribution in [2.24, 2.45) is 5.92 Å². The van der Waals surface area contributed by atoms with Crippen molar-refractivity contribution >= 4 is 10.9 Å². The van der Waals surface area contributed by atoms with E-state index >= 15 is 0 Å². The lowest BCUT2D eigenvalue weighted by Crippen LogP contribution is -2.37. The van der Waals surface area contributed by atoms with Crippen LogP contribution in [0, 0.1) is 12.8 Å². The molecule has 0 saturated heterocycles. The minimum atomic E-state index is -0.102. The maximum absolute atomic E-state index is 12.8. The number of aromatic amines is 1. The molecule has 2 heterocycles. The molecule has 1 saturated carbocycles. The Hall–Kier alpha value is -2.58. The average Bonchev–Trinajstić information content (AvgIpc) is 3.40. The summed E-state index contributed by atoms with van der Waals surface area (Å²) in [5.41, 5.74) is 2.56. The topological polar surface area (TPSA) is 99.9 Å². The molecule has 31 heavy (non-hydrogen) atoms. The zero-order chi connectivity index (χ0) is 22.0. The highest BCUT2D eigenvalue weighted by Gasteiger charge is 2.32. The molecule has 0 radical (unpaired) electrons. The van der Waals surface area contributed by atoms with Crippen LogP contribution in [-0.4, -0.2) is 48.3 Å². The van der Waals surface area contributed by atoms with Crippen LogP contribution in [0.25, 0.3) is 10.9 Å². The summed E-state index contributed by atoms with van der Waals surface area (Å²) in [6.45, 7) is 7.16. The molecule has 8 nitrogen and oxygen atoms in total. The van der Waals surface area contributed by atoms with E-state index in [1.807, 2.05) is 29.8 Å². The molecule has 1 fully saturated rings. The highest BCUT2D eigenvalue weighted by atomic mass is 16.3. The van der Waals surface area contributed by atoms with E-state index in [9.17, 15) is 9.90 Å². The summed E-state index contributed by atoms with van der Waals surface area (Å²) in [6, 6.07) is 8.20. The first-order valence-electron chi connectivity index (χ1n) is 11.2. The van der Waals surface area contributed by atoms with Crippen molar-refractivity contribution in [3.63, 3.8) is 0 Å². The number of rotatable bonds is 8. The lowest BCUT2D eigenvalue weighted by atomic mass is 10.00. The predicted octanol–water partition coefficient (Wildman–Crippen LogP) is 3.13. The zero-order valence-corrected chi connectivity index (χ0v) is 18.6. The Morgan fingerprint density at radius 1 is 1.26 bits per heavy atom. The summed E-state index contributed by atoms with van der Waals surface area (Å²) in [5.74, 6) is 1.03. The van der Waals surface area contributed by atoms with E-state index in [1.165, 1.54) is 12.8 Å². The van der Waals surface area contributed by atoms with Crippen LogP contribution in [0.4, 0.5) is 0 Å². The molecule has 1 aliphatic rings. The molecular weight excluding hydrogens is 392 g/mol. The Morgan fingerprint density at radius 2 is 2.03 bits per heavy atom. The van der Waals surface area contributed by atoms with Crippen LogP contribution in [0.3, 0.4) is 0 Å². The molecule has 1 aromatic carbocycles. The van der Waals surface area contributed by atoms with E-state index in [-0.39, 0.29) is 24.1 Å². The van der Waals surface area contributed by atoms with Gasteiger partial charge in [-0.25, -0.2) is 4.68 Å². The number of nitrogens with zero attached hydrogens (tertiary/aromatic N) is 5. The van der Waals surface area contributed by atoms with Crippen molar-refractivity contribution in [3.05, 3.63) is 51.6 Å². The fourth-order valence-electron chi connectivity index (χ4n) is 4.84. The molecule has 4 rings (SSSR count). The molecule has 2 aromatic heterocycles. The number of H-pyrrole nitrogens is 1. The normalized spacial score (nSPS) is 16.1. The van der Waals surface area contributed by atoms with E-state index in [2.05, 4.69) is 45.3 Å². The fourth-order valence-corrected chi connectivity index (χ4v) is 4.84. The summed E-state index contributed by atoms with van der Waals surface area (Å²) in [4.78, 5) is 18.0. The average molecular weight is 425 g/mol. The van der Waals surface area contributed by atoms with Crippen LogP contribution in [0.1, 0.15) is 68.6 Å². The van der Waals surface area contributed by atoms with E-state index < -0.39 is 0 Å². The van der Waals surface area contributed by atoms with E-state index in [0.717, 1.165) is 35.1 Å². The number of fused-ring (bicyclic) bond motifs is 1. The third-order valence-electron chi connectivity index (χ3n) is 6.32. The van der Waals surface area contributed by atoms with E-state index in [0.29, 0.717) is 24.7 Å². The molecule has 3 aromatic rings. The van der Waals surface area contributed by atoms with Gasteiger partial charge in [-0.05, 0) is 59.7 Å². The van der Waals surface area contributed by atoms with Crippen molar-refractivity contribution in [1.82, 2.24) is 30.1 Å². The quantitative estimate of drug-likeness (QED) is 0.576. The number of benzene rings is 1. The first-order valence-corrected chi connectivity index (χ1v) is 11.2. The lowest BCUT2D eigenvalue weighted by molar-refractivity contribution is 0.104. The third-order valence-corrected chi connectivity index (χ3v) is 6.32. The molecule has 1 atom stereocenters. The number of aryl methyl sites for hydroxylation is 1. The summed E-state index contributed by atoms with van der Waals surface area (Å²) in [7, 11) is 0. The second-order valence-electron chi connectivity index (χ2n) is 9.02. The van der Waals surface area contributed by atoms with Crippen LogP contribution in [-0.2, 0) is 6.54 Å². The third kappa shape index (κ3) is 4.55. The molecule has 8 heteroatoms. The van der Waals surface area contributed by atoms with Gasteiger partial charge in [0, 0.05) is 24.2 Å². The van der Waals surface area contributed by atoms with Crippen molar-refractivity contribution in [2.75, 3.05) is 13.2 Å². The van der Waals surface area contributed by atoms with Gasteiger partial charge in [-0.2, -0.15) is 0 Å². The first-order chi connectivity index (χ1) is 15.0. The maximum atomic E-state index is 12.8. The monoisotopic (exact) mass is 424 g/mol. The number of aliphatic hydroxyl groups excluding tert-OH is 1. The second kappa shape index (κ2) is 9.28. The van der Waals surface area contributed by atoms with Crippen LogP contribution >= 0.6 is 0 Å². The van der Waals surface area contributed by atoms with Crippen LogP contribution < -0.4 is 5.56 Å². The molecular formula is C23H32N6O2. The van der Waals surface area contributed by atoms with Crippen molar-refractivity contribution in [3.8, 4) is 0 Å². The van der Waals surface area contributed by atoms with Gasteiger partial charge in [0.05, 0.1) is 18.7 Å². The second-order valence-corrected chi connectivity index (χ2v) is 9.02. The Kier molecular flexibility index (Phi) is 6.48. The number of hydrogen-bond acceptors (Lipinski definition) is 6. The summed E-state index contributed by atoms with van der Waals surface area (Å²) in [5, 5.41) is 23.5. The van der Waals surface area contributed by atoms with E-state index in [4.69, 9.17) is 0 Å². The Labute approximate surface area is 182 Å². The standard InChI is InChI=1S/C23H32N6O2/c1-15(2)21(22-25-26-27-29(22)19-6-4-5-7-19)28(10-11-30)14-18-13-17-12-16(3)8-9-20(17)24-23(18)31/h8-9,12-13,15,19,21,30H,4-7,10-11,14H2,1-3H3,(H,24,31)/t21-/m1/s1. The van der Waals surface area contributed by atoms with Crippen LogP contribution in [0.5, 0.6) is 0 Å². The van der Waals surface area contributed by atoms with Gasteiger partial charge >= 0.3 is 0 Å². The number of nitrogens with one attached hydrogen (secondary N) is 1. The van der Waals surface area contributed by atoms with Gasteiger partial charge in [0.2, 0.25) is 0 Å². The number of aromatic nitrogens is 5. The van der Waals surface area contributed by atoms with Gasteiger partial charge in [-0.15, -0.1) is 5.10 Å². The molecule has 2 N–H and O–H groups in total. The first kappa shape index (κ1) is 21.6. The van der Waals surface area contributed by atoms with Crippen LogP contribution in [0.15, 0.2) is 29.1 Å². The molecule has 1 aliphatic carbocycles. The number of aliphatic hydroxyl groups is 1. The molecule has 0 aliphatic heterocycles.